The first-order valence-electron chi connectivity index (χ1n) is 7.89. The van der Waals surface area contributed by atoms with Crippen LogP contribution < -0.4 is 0 Å². The quantitative estimate of drug-likeness (QED) is 0.611. The third kappa shape index (κ3) is 5.75. The van der Waals surface area contributed by atoms with Crippen LogP contribution in [0.15, 0.2) is 35.9 Å². The first-order chi connectivity index (χ1) is 11.6. The van der Waals surface area contributed by atoms with E-state index in [9.17, 15) is 13.6 Å². The van der Waals surface area contributed by atoms with Gasteiger partial charge in [0.05, 0.1) is 6.54 Å². The van der Waals surface area contributed by atoms with Gasteiger partial charge in [0.1, 0.15) is 5.60 Å². The Morgan fingerprint density at radius 2 is 2.12 bits per heavy atom. The largest absolute Gasteiger partial charge is 0.444 e. The number of piperidine rings is 1. The van der Waals surface area contributed by atoms with E-state index >= 15 is 0 Å². The second kappa shape index (κ2) is 7.45. The highest BCUT2D eigenvalue weighted by Crippen LogP contribution is 2.32. The summed E-state index contributed by atoms with van der Waals surface area (Å²) in [5.41, 5.74) is -0.147. The molecule has 0 saturated carbocycles. The van der Waals surface area contributed by atoms with Crippen molar-refractivity contribution in [1.82, 2.24) is 4.90 Å². The number of alkyl halides is 2. The minimum Gasteiger partial charge on any atom is -0.444 e. The number of halogens is 3. The van der Waals surface area contributed by atoms with Crippen molar-refractivity contribution in [2.75, 3.05) is 13.1 Å². The van der Waals surface area contributed by atoms with Crippen LogP contribution in [0.25, 0.3) is 0 Å². The molecule has 0 atom stereocenters. The molecule has 1 aromatic carbocycles. The minimum atomic E-state index is -3.13. The zero-order valence-electron chi connectivity index (χ0n) is 14.4. The fraction of sp³-hybridized carbons (Fsp3) is 0.421. The SMILES string of the molecule is CC(C)(C)OC(=O)N1CC/C(=C\C#Cc2cccc(Cl)c2)C(F)(F)C1. The van der Waals surface area contributed by atoms with Crippen molar-refractivity contribution in [3.05, 3.63) is 46.5 Å². The molecule has 6 heteroatoms. The summed E-state index contributed by atoms with van der Waals surface area (Å²) < 4.78 is 33.7. The van der Waals surface area contributed by atoms with Crippen LogP contribution in [-0.2, 0) is 4.74 Å². The van der Waals surface area contributed by atoms with E-state index in [-0.39, 0.29) is 18.5 Å². The van der Waals surface area contributed by atoms with Crippen LogP contribution in [-0.4, -0.2) is 35.6 Å². The number of hydrogen-bond acceptors (Lipinski definition) is 2. The molecule has 0 aromatic heterocycles. The molecule has 0 bridgehead atoms. The standard InChI is InChI=1S/C19H20ClF2NO2/c1-18(2,3)25-17(24)23-11-10-15(19(21,22)13-23)8-4-6-14-7-5-9-16(20)12-14/h5,7-9,12H,10-11,13H2,1-3H3/b15-8+. The van der Waals surface area contributed by atoms with Crippen LogP contribution in [0.1, 0.15) is 32.8 Å². The molecule has 0 spiro atoms. The van der Waals surface area contributed by atoms with Crippen molar-refractivity contribution in [2.24, 2.45) is 0 Å². The number of allylic oxidation sites excluding steroid dienone is 1. The lowest BCUT2D eigenvalue weighted by Gasteiger charge is -2.35. The molecular weight excluding hydrogens is 348 g/mol. The summed E-state index contributed by atoms with van der Waals surface area (Å²) in [6, 6.07) is 6.87. The van der Waals surface area contributed by atoms with Gasteiger partial charge in [-0.3, -0.25) is 0 Å². The van der Waals surface area contributed by atoms with Gasteiger partial charge < -0.3 is 9.64 Å². The zero-order chi connectivity index (χ0) is 18.7. The molecule has 1 aromatic rings. The molecule has 25 heavy (non-hydrogen) atoms. The van der Waals surface area contributed by atoms with E-state index in [1.807, 2.05) is 0 Å². The van der Waals surface area contributed by atoms with Gasteiger partial charge in [-0.1, -0.05) is 29.5 Å². The van der Waals surface area contributed by atoms with Gasteiger partial charge in [0, 0.05) is 22.7 Å². The van der Waals surface area contributed by atoms with Gasteiger partial charge in [-0.05, 0) is 51.5 Å². The maximum atomic E-state index is 14.3. The lowest BCUT2D eigenvalue weighted by atomic mass is 10.00. The number of carbonyl (C=O) groups is 1. The molecule has 2 rings (SSSR count). The highest BCUT2D eigenvalue weighted by Gasteiger charge is 2.42. The third-order valence-electron chi connectivity index (χ3n) is 3.45. The van der Waals surface area contributed by atoms with E-state index in [0.29, 0.717) is 10.6 Å². The molecule has 0 radical (unpaired) electrons. The Labute approximate surface area is 151 Å². The maximum absolute atomic E-state index is 14.3. The Hall–Kier alpha value is -2.06. The first kappa shape index (κ1) is 19.3. The van der Waals surface area contributed by atoms with Gasteiger partial charge in [-0.15, -0.1) is 0 Å². The van der Waals surface area contributed by atoms with Crippen LogP contribution in [0.2, 0.25) is 5.02 Å². The predicted octanol–water partition coefficient (Wildman–Crippen LogP) is 4.89. The van der Waals surface area contributed by atoms with Crippen LogP contribution >= 0.6 is 11.6 Å². The van der Waals surface area contributed by atoms with E-state index in [2.05, 4.69) is 11.8 Å². The molecule has 134 valence electrons. The second-order valence-corrected chi connectivity index (χ2v) is 7.24. The average Bonchev–Trinajstić information content (AvgIpc) is 2.46. The van der Waals surface area contributed by atoms with E-state index in [1.54, 1.807) is 45.0 Å². The van der Waals surface area contributed by atoms with E-state index < -0.39 is 24.2 Å². The minimum absolute atomic E-state index is 0.0521. The summed E-state index contributed by atoms with van der Waals surface area (Å²) in [4.78, 5) is 13.0. The molecular formula is C19H20ClF2NO2. The van der Waals surface area contributed by atoms with Crippen molar-refractivity contribution in [3.63, 3.8) is 0 Å². The first-order valence-corrected chi connectivity index (χ1v) is 8.27. The van der Waals surface area contributed by atoms with Gasteiger partial charge >= 0.3 is 6.09 Å². The molecule has 1 fully saturated rings. The second-order valence-electron chi connectivity index (χ2n) is 6.81. The van der Waals surface area contributed by atoms with E-state index in [1.165, 1.54) is 6.08 Å². The average molecular weight is 368 g/mol. The highest BCUT2D eigenvalue weighted by molar-refractivity contribution is 6.30. The summed E-state index contributed by atoms with van der Waals surface area (Å²) in [5, 5.41) is 0.537. The monoisotopic (exact) mass is 367 g/mol. The lowest BCUT2D eigenvalue weighted by Crippen LogP contribution is -2.48. The van der Waals surface area contributed by atoms with E-state index in [4.69, 9.17) is 16.3 Å². The molecule has 0 aliphatic carbocycles. The van der Waals surface area contributed by atoms with E-state index in [0.717, 1.165) is 4.90 Å². The molecule has 0 N–H and O–H groups in total. The number of hydrogen-bond donors (Lipinski definition) is 0. The number of amides is 1. The van der Waals surface area contributed by atoms with Gasteiger partial charge in [-0.25, -0.2) is 4.79 Å². The van der Waals surface area contributed by atoms with Crippen molar-refractivity contribution in [3.8, 4) is 11.8 Å². The van der Waals surface area contributed by atoms with Crippen molar-refractivity contribution in [2.45, 2.75) is 38.7 Å². The number of nitrogens with zero attached hydrogens (tertiary/aromatic N) is 1. The molecule has 1 amide bonds. The summed E-state index contributed by atoms with van der Waals surface area (Å²) >= 11 is 5.86. The summed E-state index contributed by atoms with van der Waals surface area (Å²) in [6.07, 6.45) is 0.556. The smallest absolute Gasteiger partial charge is 0.410 e. The Morgan fingerprint density at radius 1 is 1.40 bits per heavy atom. The van der Waals surface area contributed by atoms with Gasteiger partial charge in [0.2, 0.25) is 0 Å². The van der Waals surface area contributed by atoms with Crippen LogP contribution in [0.4, 0.5) is 13.6 Å². The topological polar surface area (TPSA) is 29.5 Å². The Morgan fingerprint density at radius 3 is 2.72 bits per heavy atom. The molecule has 0 unspecified atom stereocenters. The lowest BCUT2D eigenvalue weighted by molar-refractivity contribution is -0.0345. The Balaban J connectivity index is 2.07. The van der Waals surface area contributed by atoms with Crippen molar-refractivity contribution < 1.29 is 18.3 Å². The normalized spacial score (nSPS) is 18.5. The van der Waals surface area contributed by atoms with Crippen LogP contribution in [0, 0.1) is 11.8 Å². The summed E-state index contributed by atoms with van der Waals surface area (Å²) in [7, 11) is 0. The molecule has 1 aliphatic rings. The predicted molar refractivity (Wildman–Crippen MR) is 93.8 cm³/mol. The Kier molecular flexibility index (Phi) is 5.74. The maximum Gasteiger partial charge on any atom is 0.410 e. The number of benzene rings is 1. The zero-order valence-corrected chi connectivity index (χ0v) is 15.2. The number of rotatable bonds is 0. The van der Waals surface area contributed by atoms with Crippen LogP contribution in [0.5, 0.6) is 0 Å². The Bertz CT molecular complexity index is 742. The molecule has 1 aliphatic heterocycles. The number of carbonyl (C=O) groups excluding carboxylic acids is 1. The third-order valence-corrected chi connectivity index (χ3v) is 3.68. The van der Waals surface area contributed by atoms with Crippen LogP contribution in [0.3, 0.4) is 0 Å². The van der Waals surface area contributed by atoms with Gasteiger partial charge in [0.25, 0.3) is 5.92 Å². The number of likely N-dealkylation sites (tertiary alicyclic amines) is 1. The number of ether oxygens (including phenoxy) is 1. The molecule has 1 saturated heterocycles. The highest BCUT2D eigenvalue weighted by atomic mass is 35.5. The van der Waals surface area contributed by atoms with Gasteiger partial charge in [0.15, 0.2) is 0 Å². The van der Waals surface area contributed by atoms with Crippen molar-refractivity contribution >= 4 is 17.7 Å². The van der Waals surface area contributed by atoms with Crippen molar-refractivity contribution in [1.29, 1.82) is 0 Å². The fourth-order valence-electron chi connectivity index (χ4n) is 2.29. The molecule has 1 heterocycles. The van der Waals surface area contributed by atoms with Gasteiger partial charge in [-0.2, -0.15) is 8.78 Å². The molecule has 3 nitrogen and oxygen atoms in total. The summed E-state index contributed by atoms with van der Waals surface area (Å²) in [5.74, 6) is 2.31. The fourth-order valence-corrected chi connectivity index (χ4v) is 2.48. The summed E-state index contributed by atoms with van der Waals surface area (Å²) in [6.45, 7) is 4.57.